The van der Waals surface area contributed by atoms with Gasteiger partial charge in [0.2, 0.25) is 0 Å². The van der Waals surface area contributed by atoms with Crippen molar-refractivity contribution in [3.05, 3.63) is 83.1 Å². The van der Waals surface area contributed by atoms with E-state index in [-0.39, 0.29) is 65.3 Å². The summed E-state index contributed by atoms with van der Waals surface area (Å²) in [6, 6.07) is 7.94. The number of hydrogen-bond donors (Lipinski definition) is 1. The standard InChI is InChI=1S/C29H29F3N2O5S/c1-5-37-25(35)13-17-6-7-19(30)14-24(17)39-16-18-12-22(28-21(26(18)31)9-11-38-28)20-8-10-33-23(27(20)32)15-34-40(36)29(2,3)4/h6-12,14,34H,5,13,15-16H2,1-4H3. The molecule has 0 spiro atoms. The topological polar surface area (TPSA) is 96.7 Å². The Kier molecular flexibility index (Phi) is 9.07. The van der Waals surface area contributed by atoms with Gasteiger partial charge in [-0.25, -0.2) is 13.2 Å². The Hall–Kier alpha value is -3.54. The zero-order valence-electron chi connectivity index (χ0n) is 22.5. The second-order valence-corrected chi connectivity index (χ2v) is 12.0. The summed E-state index contributed by atoms with van der Waals surface area (Å²) in [6.45, 7) is 6.79. The molecular weight excluding hydrogens is 545 g/mol. The van der Waals surface area contributed by atoms with Crippen molar-refractivity contribution in [2.24, 2.45) is 0 Å². The molecule has 0 radical (unpaired) electrons. The second-order valence-electron chi connectivity index (χ2n) is 9.90. The van der Waals surface area contributed by atoms with Gasteiger partial charge in [0.15, 0.2) is 5.82 Å². The van der Waals surface area contributed by atoms with Gasteiger partial charge < -0.3 is 18.4 Å². The summed E-state index contributed by atoms with van der Waals surface area (Å²) in [5.74, 6) is -2.39. The quantitative estimate of drug-likeness (QED) is 0.179. The minimum atomic E-state index is -1.45. The van der Waals surface area contributed by atoms with Crippen molar-refractivity contribution in [1.82, 2.24) is 9.71 Å². The molecule has 4 aromatic rings. The van der Waals surface area contributed by atoms with Gasteiger partial charge in [-0.3, -0.25) is 9.78 Å². The number of pyridine rings is 1. The summed E-state index contributed by atoms with van der Waals surface area (Å²) in [5, 5.41) is 0.104. The van der Waals surface area contributed by atoms with Crippen LogP contribution in [-0.4, -0.2) is 26.9 Å². The predicted octanol–water partition coefficient (Wildman–Crippen LogP) is 6.15. The molecule has 0 saturated carbocycles. The van der Waals surface area contributed by atoms with Gasteiger partial charge in [-0.05, 0) is 52.0 Å². The van der Waals surface area contributed by atoms with Gasteiger partial charge >= 0.3 is 5.97 Å². The van der Waals surface area contributed by atoms with Crippen LogP contribution < -0.4 is 9.46 Å². The normalized spacial score (nSPS) is 12.5. The zero-order valence-corrected chi connectivity index (χ0v) is 23.3. The molecule has 2 aromatic carbocycles. The maximum absolute atomic E-state index is 15.7. The van der Waals surface area contributed by atoms with Gasteiger partial charge in [0.05, 0.1) is 36.9 Å². The summed E-state index contributed by atoms with van der Waals surface area (Å²) in [6.07, 6.45) is 2.54. The molecule has 0 aliphatic rings. The van der Waals surface area contributed by atoms with E-state index in [1.54, 1.807) is 27.7 Å². The van der Waals surface area contributed by atoms with Crippen LogP contribution in [0.4, 0.5) is 13.2 Å². The molecule has 0 aliphatic carbocycles. The molecule has 212 valence electrons. The van der Waals surface area contributed by atoms with Crippen molar-refractivity contribution in [2.45, 2.75) is 52.0 Å². The van der Waals surface area contributed by atoms with Gasteiger partial charge in [0, 0.05) is 45.9 Å². The van der Waals surface area contributed by atoms with Crippen LogP contribution in [0.3, 0.4) is 0 Å². The number of fused-ring (bicyclic) bond motifs is 1. The number of halogens is 3. The van der Waals surface area contributed by atoms with Crippen LogP contribution >= 0.6 is 0 Å². The molecule has 4 rings (SSSR count). The first-order valence-electron chi connectivity index (χ1n) is 12.5. The fourth-order valence-electron chi connectivity index (χ4n) is 3.97. The average molecular weight is 575 g/mol. The number of carbonyl (C=O) groups excluding carboxylic acids is 1. The predicted molar refractivity (Wildman–Crippen MR) is 145 cm³/mol. The Bertz CT molecular complexity index is 1520. The third-order valence-corrected chi connectivity index (χ3v) is 7.50. The number of hydrogen-bond acceptors (Lipinski definition) is 7. The molecule has 0 saturated heterocycles. The number of benzene rings is 2. The maximum atomic E-state index is 15.7. The number of esters is 1. The molecular formula is C29H29F3N2O5S. The Morgan fingerprint density at radius 3 is 2.58 bits per heavy atom. The van der Waals surface area contributed by atoms with Crippen molar-refractivity contribution in [1.29, 1.82) is 0 Å². The number of nitrogens with one attached hydrogen (secondary N) is 1. The van der Waals surface area contributed by atoms with E-state index >= 15 is 8.78 Å². The highest BCUT2D eigenvalue weighted by Crippen LogP contribution is 2.36. The molecule has 0 fully saturated rings. The molecule has 1 N–H and O–H groups in total. The number of ether oxygens (including phenoxy) is 2. The summed E-state index contributed by atoms with van der Waals surface area (Å²) in [4.78, 5) is 16.1. The van der Waals surface area contributed by atoms with Crippen LogP contribution in [0.25, 0.3) is 22.1 Å². The Morgan fingerprint density at radius 2 is 1.85 bits per heavy atom. The first-order chi connectivity index (χ1) is 19.0. The molecule has 40 heavy (non-hydrogen) atoms. The van der Waals surface area contributed by atoms with Crippen LogP contribution in [0.15, 0.2) is 53.3 Å². The fourth-order valence-corrected chi connectivity index (χ4v) is 4.67. The Labute approximate surface area is 233 Å². The lowest BCUT2D eigenvalue weighted by atomic mass is 9.99. The maximum Gasteiger partial charge on any atom is 0.310 e. The van der Waals surface area contributed by atoms with Crippen molar-refractivity contribution < 1.29 is 36.4 Å². The summed E-state index contributed by atoms with van der Waals surface area (Å²) >= 11 is -1.45. The van der Waals surface area contributed by atoms with Gasteiger partial charge in [-0.15, -0.1) is 4.72 Å². The molecule has 0 bridgehead atoms. The minimum absolute atomic E-state index is 0.0281. The van der Waals surface area contributed by atoms with Crippen molar-refractivity contribution in [3.8, 4) is 16.9 Å². The lowest BCUT2D eigenvalue weighted by molar-refractivity contribution is -0.142. The molecule has 7 nitrogen and oxygen atoms in total. The third-order valence-electron chi connectivity index (χ3n) is 5.98. The second kappa shape index (κ2) is 12.3. The molecule has 11 heteroatoms. The molecule has 0 amide bonds. The van der Waals surface area contributed by atoms with Crippen LogP contribution in [0.1, 0.15) is 44.5 Å². The van der Waals surface area contributed by atoms with E-state index in [0.29, 0.717) is 5.56 Å². The first-order valence-corrected chi connectivity index (χ1v) is 13.7. The van der Waals surface area contributed by atoms with E-state index in [1.807, 2.05) is 0 Å². The molecule has 1 unspecified atom stereocenters. The Balaban J connectivity index is 1.67. The number of nitrogens with zero attached hydrogens (tertiary/aromatic N) is 1. The summed E-state index contributed by atoms with van der Waals surface area (Å²) in [5.41, 5.74) is 0.930. The number of furan rings is 1. The van der Waals surface area contributed by atoms with Gasteiger partial charge in [-0.1, -0.05) is 6.07 Å². The van der Waals surface area contributed by atoms with Crippen LogP contribution in [0.2, 0.25) is 0 Å². The lowest BCUT2D eigenvalue weighted by Gasteiger charge is -2.23. The van der Waals surface area contributed by atoms with E-state index in [4.69, 9.17) is 13.9 Å². The van der Waals surface area contributed by atoms with Gasteiger partial charge in [-0.2, -0.15) is 0 Å². The molecule has 0 aliphatic heterocycles. The molecule has 2 heterocycles. The SMILES string of the molecule is CCOC(=O)Cc1ccc(F)cc1OCc1cc(-c2ccnc(CN[S+]([O-])C(C)(C)C)c2F)c2occc2c1F. The van der Waals surface area contributed by atoms with Crippen molar-refractivity contribution >= 4 is 28.3 Å². The van der Waals surface area contributed by atoms with Gasteiger partial charge in [0.25, 0.3) is 0 Å². The lowest BCUT2D eigenvalue weighted by Crippen LogP contribution is -2.39. The van der Waals surface area contributed by atoms with Crippen molar-refractivity contribution in [2.75, 3.05) is 6.61 Å². The minimum Gasteiger partial charge on any atom is -0.598 e. The first kappa shape index (κ1) is 29.4. The summed E-state index contributed by atoms with van der Waals surface area (Å²) in [7, 11) is 0. The average Bonchev–Trinajstić information content (AvgIpc) is 3.39. The number of carbonyl (C=O) groups is 1. The largest absolute Gasteiger partial charge is 0.598 e. The molecule has 2 aromatic heterocycles. The summed E-state index contributed by atoms with van der Waals surface area (Å²) < 4.78 is 75.9. The monoisotopic (exact) mass is 574 g/mol. The van der Waals surface area contributed by atoms with E-state index in [1.165, 1.54) is 42.8 Å². The highest BCUT2D eigenvalue weighted by Gasteiger charge is 2.27. The molecule has 1 atom stereocenters. The van der Waals surface area contributed by atoms with Crippen LogP contribution in [0.5, 0.6) is 5.75 Å². The van der Waals surface area contributed by atoms with E-state index in [0.717, 1.165) is 6.07 Å². The van der Waals surface area contributed by atoms with E-state index < -0.39 is 39.5 Å². The van der Waals surface area contributed by atoms with Gasteiger partial charge in [0.1, 0.15) is 34.3 Å². The van der Waals surface area contributed by atoms with Crippen LogP contribution in [-0.2, 0) is 40.5 Å². The van der Waals surface area contributed by atoms with E-state index in [2.05, 4.69) is 9.71 Å². The van der Waals surface area contributed by atoms with Crippen molar-refractivity contribution in [3.63, 3.8) is 0 Å². The fraction of sp³-hybridized carbons (Fsp3) is 0.310. The van der Waals surface area contributed by atoms with Crippen LogP contribution in [0, 0.1) is 17.5 Å². The van der Waals surface area contributed by atoms with E-state index in [9.17, 15) is 13.7 Å². The number of aromatic nitrogens is 1. The smallest absolute Gasteiger partial charge is 0.310 e. The third kappa shape index (κ3) is 6.60. The number of rotatable bonds is 10. The highest BCUT2D eigenvalue weighted by atomic mass is 32.2. The zero-order chi connectivity index (χ0) is 29.0. The Morgan fingerprint density at radius 1 is 1.07 bits per heavy atom. The highest BCUT2D eigenvalue weighted by molar-refractivity contribution is 7.90.